The highest BCUT2D eigenvalue weighted by Gasteiger charge is 2.41. The van der Waals surface area contributed by atoms with Crippen molar-refractivity contribution in [1.29, 1.82) is 0 Å². The average Bonchev–Trinajstić information content (AvgIpc) is 2.94. The zero-order valence-electron chi connectivity index (χ0n) is 11.6. The van der Waals surface area contributed by atoms with Crippen LogP contribution in [0, 0.1) is 5.41 Å². The Kier molecular flexibility index (Phi) is 4.97. The summed E-state index contributed by atoms with van der Waals surface area (Å²) in [7, 11) is 1.48. The largest absolute Gasteiger partial charge is 0.469 e. The molecule has 1 aromatic rings. The van der Waals surface area contributed by atoms with E-state index in [2.05, 4.69) is 0 Å². The van der Waals surface area contributed by atoms with E-state index in [1.165, 1.54) is 12.7 Å². The van der Waals surface area contributed by atoms with Gasteiger partial charge in [0, 0.05) is 6.61 Å². The SMILES string of the molecule is COC(=O)C1(CCOCc2ccccc2)CCCC1. The normalized spacial score (nSPS) is 17.3. The fourth-order valence-electron chi connectivity index (χ4n) is 2.86. The second kappa shape index (κ2) is 6.71. The molecule has 3 heteroatoms. The molecule has 0 spiro atoms. The third-order valence-corrected chi connectivity index (χ3v) is 4.02. The van der Waals surface area contributed by atoms with Crippen molar-refractivity contribution in [2.24, 2.45) is 5.41 Å². The first-order chi connectivity index (χ1) is 9.27. The summed E-state index contributed by atoms with van der Waals surface area (Å²) in [5.41, 5.74) is 0.881. The zero-order chi connectivity index (χ0) is 13.6. The first kappa shape index (κ1) is 14.1. The van der Waals surface area contributed by atoms with Crippen LogP contribution >= 0.6 is 0 Å². The van der Waals surface area contributed by atoms with Crippen molar-refractivity contribution >= 4 is 5.97 Å². The molecule has 0 aliphatic heterocycles. The molecule has 0 heterocycles. The van der Waals surface area contributed by atoms with Crippen molar-refractivity contribution in [2.45, 2.75) is 38.7 Å². The summed E-state index contributed by atoms with van der Waals surface area (Å²) in [6, 6.07) is 10.1. The average molecular weight is 262 g/mol. The smallest absolute Gasteiger partial charge is 0.311 e. The lowest BCUT2D eigenvalue weighted by Crippen LogP contribution is -2.30. The van der Waals surface area contributed by atoms with Gasteiger partial charge >= 0.3 is 5.97 Å². The van der Waals surface area contributed by atoms with Crippen LogP contribution in [0.3, 0.4) is 0 Å². The third kappa shape index (κ3) is 3.57. The number of esters is 1. The van der Waals surface area contributed by atoms with E-state index >= 15 is 0 Å². The molecule has 1 fully saturated rings. The number of hydrogen-bond donors (Lipinski definition) is 0. The van der Waals surface area contributed by atoms with Gasteiger partial charge in [0.1, 0.15) is 0 Å². The minimum Gasteiger partial charge on any atom is -0.469 e. The van der Waals surface area contributed by atoms with Crippen LogP contribution in [0.1, 0.15) is 37.7 Å². The molecule has 0 atom stereocenters. The molecule has 104 valence electrons. The Morgan fingerprint density at radius 1 is 1.21 bits per heavy atom. The number of benzene rings is 1. The molecule has 1 aliphatic carbocycles. The predicted octanol–water partition coefficient (Wildman–Crippen LogP) is 3.33. The van der Waals surface area contributed by atoms with Gasteiger partial charge in [0.2, 0.25) is 0 Å². The van der Waals surface area contributed by atoms with E-state index in [0.29, 0.717) is 13.2 Å². The first-order valence-electron chi connectivity index (χ1n) is 6.97. The van der Waals surface area contributed by atoms with Crippen molar-refractivity contribution in [1.82, 2.24) is 0 Å². The second-order valence-corrected chi connectivity index (χ2v) is 5.27. The molecule has 0 N–H and O–H groups in total. The maximum Gasteiger partial charge on any atom is 0.311 e. The Morgan fingerprint density at radius 2 is 1.89 bits per heavy atom. The summed E-state index contributed by atoms with van der Waals surface area (Å²) in [4.78, 5) is 11.9. The van der Waals surface area contributed by atoms with Gasteiger partial charge in [0.15, 0.2) is 0 Å². The zero-order valence-corrected chi connectivity index (χ0v) is 11.6. The lowest BCUT2D eigenvalue weighted by atomic mass is 9.83. The lowest BCUT2D eigenvalue weighted by Gasteiger charge is -2.25. The maximum absolute atomic E-state index is 11.9. The summed E-state index contributed by atoms with van der Waals surface area (Å²) in [6.07, 6.45) is 4.89. The predicted molar refractivity (Wildman–Crippen MR) is 73.6 cm³/mol. The Hall–Kier alpha value is -1.35. The number of rotatable bonds is 6. The molecule has 0 aromatic heterocycles. The van der Waals surface area contributed by atoms with E-state index in [1.54, 1.807) is 0 Å². The van der Waals surface area contributed by atoms with Crippen LogP contribution in [0.15, 0.2) is 30.3 Å². The number of methoxy groups -OCH3 is 1. The van der Waals surface area contributed by atoms with E-state index in [0.717, 1.165) is 32.1 Å². The molecule has 1 aliphatic rings. The number of carbonyl (C=O) groups excluding carboxylic acids is 1. The molecule has 19 heavy (non-hydrogen) atoms. The first-order valence-corrected chi connectivity index (χ1v) is 6.97. The number of ether oxygens (including phenoxy) is 2. The van der Waals surface area contributed by atoms with E-state index in [9.17, 15) is 4.79 Å². The van der Waals surface area contributed by atoms with Gasteiger partial charge in [0.05, 0.1) is 19.1 Å². The molecular weight excluding hydrogens is 240 g/mol. The third-order valence-electron chi connectivity index (χ3n) is 4.02. The van der Waals surface area contributed by atoms with Crippen molar-refractivity contribution < 1.29 is 14.3 Å². The highest BCUT2D eigenvalue weighted by atomic mass is 16.5. The van der Waals surface area contributed by atoms with Crippen molar-refractivity contribution in [3.63, 3.8) is 0 Å². The minimum atomic E-state index is -0.286. The molecule has 0 amide bonds. The van der Waals surface area contributed by atoms with Crippen LogP contribution in [-0.4, -0.2) is 19.7 Å². The molecule has 3 nitrogen and oxygen atoms in total. The molecule has 0 radical (unpaired) electrons. The Bertz CT molecular complexity index is 394. The number of carbonyl (C=O) groups is 1. The summed E-state index contributed by atoms with van der Waals surface area (Å²) < 4.78 is 10.7. The van der Waals surface area contributed by atoms with Crippen LogP contribution in [0.2, 0.25) is 0 Å². The highest BCUT2D eigenvalue weighted by Crippen LogP contribution is 2.42. The van der Waals surface area contributed by atoms with Gasteiger partial charge in [0.25, 0.3) is 0 Å². The Labute approximate surface area is 114 Å². The standard InChI is InChI=1S/C16H22O3/c1-18-15(17)16(9-5-6-10-16)11-12-19-13-14-7-3-2-4-8-14/h2-4,7-8H,5-6,9-13H2,1H3. The molecule has 0 bridgehead atoms. The fraction of sp³-hybridized carbons (Fsp3) is 0.562. The van der Waals surface area contributed by atoms with E-state index < -0.39 is 0 Å². The van der Waals surface area contributed by atoms with Crippen LogP contribution in [0.5, 0.6) is 0 Å². The Balaban J connectivity index is 1.79. The quantitative estimate of drug-likeness (QED) is 0.582. The maximum atomic E-state index is 11.9. The molecule has 2 rings (SSSR count). The summed E-state index contributed by atoms with van der Waals surface area (Å²) in [6.45, 7) is 1.22. The van der Waals surface area contributed by atoms with Gasteiger partial charge < -0.3 is 9.47 Å². The summed E-state index contributed by atoms with van der Waals surface area (Å²) >= 11 is 0. The molecule has 1 saturated carbocycles. The van der Waals surface area contributed by atoms with Gasteiger partial charge in [-0.1, -0.05) is 43.2 Å². The van der Waals surface area contributed by atoms with Crippen LogP contribution in [-0.2, 0) is 20.9 Å². The molecule has 1 aromatic carbocycles. The monoisotopic (exact) mass is 262 g/mol. The van der Waals surface area contributed by atoms with Gasteiger partial charge in [-0.25, -0.2) is 0 Å². The van der Waals surface area contributed by atoms with Crippen LogP contribution in [0.4, 0.5) is 0 Å². The van der Waals surface area contributed by atoms with Gasteiger partial charge in [-0.3, -0.25) is 4.79 Å². The minimum absolute atomic E-state index is 0.0617. The second-order valence-electron chi connectivity index (χ2n) is 5.27. The van der Waals surface area contributed by atoms with Crippen molar-refractivity contribution in [3.05, 3.63) is 35.9 Å². The topological polar surface area (TPSA) is 35.5 Å². The van der Waals surface area contributed by atoms with Gasteiger partial charge in [-0.15, -0.1) is 0 Å². The molecule has 0 saturated heterocycles. The summed E-state index contributed by atoms with van der Waals surface area (Å²) in [5.74, 6) is -0.0617. The van der Waals surface area contributed by atoms with Crippen molar-refractivity contribution in [2.75, 3.05) is 13.7 Å². The van der Waals surface area contributed by atoms with Gasteiger partial charge in [-0.05, 0) is 24.8 Å². The van der Waals surface area contributed by atoms with Crippen LogP contribution in [0.25, 0.3) is 0 Å². The number of hydrogen-bond acceptors (Lipinski definition) is 3. The lowest BCUT2D eigenvalue weighted by molar-refractivity contribution is -0.153. The highest BCUT2D eigenvalue weighted by molar-refractivity contribution is 5.77. The van der Waals surface area contributed by atoms with Gasteiger partial charge in [-0.2, -0.15) is 0 Å². The van der Waals surface area contributed by atoms with E-state index in [4.69, 9.17) is 9.47 Å². The van der Waals surface area contributed by atoms with E-state index in [1.807, 2.05) is 30.3 Å². The van der Waals surface area contributed by atoms with Crippen LogP contribution < -0.4 is 0 Å². The summed E-state index contributed by atoms with van der Waals surface area (Å²) in [5, 5.41) is 0. The van der Waals surface area contributed by atoms with Crippen molar-refractivity contribution in [3.8, 4) is 0 Å². The molecular formula is C16H22O3. The fourth-order valence-corrected chi connectivity index (χ4v) is 2.86. The Morgan fingerprint density at radius 3 is 2.53 bits per heavy atom. The molecule has 0 unspecified atom stereocenters. The van der Waals surface area contributed by atoms with E-state index in [-0.39, 0.29) is 11.4 Å².